The molecule has 0 fully saturated rings. The molecule has 0 saturated heterocycles. The molecular weight excluding hydrogens is 303 g/mol. The number of carboxylic acids is 1. The topological polar surface area (TPSA) is 97.1 Å². The molecule has 9 heteroatoms. The summed E-state index contributed by atoms with van der Waals surface area (Å²) in [5.41, 5.74) is 0.366. The van der Waals surface area contributed by atoms with Crippen molar-refractivity contribution in [2.45, 2.75) is 13.5 Å². The minimum atomic E-state index is -1.22. The van der Waals surface area contributed by atoms with Crippen molar-refractivity contribution < 1.29 is 19.1 Å². The Bertz CT molecular complexity index is 717. The number of nitrogens with one attached hydrogen (secondary N) is 1. The molecule has 1 heterocycles. The van der Waals surface area contributed by atoms with Gasteiger partial charge in [0.1, 0.15) is 12.4 Å². The van der Waals surface area contributed by atoms with Crippen molar-refractivity contribution in [3.63, 3.8) is 0 Å². The third kappa shape index (κ3) is 3.34. The van der Waals surface area contributed by atoms with Gasteiger partial charge in [-0.1, -0.05) is 16.8 Å². The molecular formula is C12H10ClFN4O3. The van der Waals surface area contributed by atoms with E-state index in [-0.39, 0.29) is 23.0 Å². The minimum Gasteiger partial charge on any atom is -0.476 e. The van der Waals surface area contributed by atoms with Crippen LogP contribution in [-0.2, 0) is 11.3 Å². The third-order valence-corrected chi connectivity index (χ3v) is 2.97. The van der Waals surface area contributed by atoms with E-state index in [0.717, 1.165) is 10.7 Å². The highest BCUT2D eigenvalue weighted by atomic mass is 35.5. The van der Waals surface area contributed by atoms with Crippen molar-refractivity contribution in [2.24, 2.45) is 0 Å². The Morgan fingerprint density at radius 1 is 1.48 bits per heavy atom. The van der Waals surface area contributed by atoms with E-state index in [1.54, 1.807) is 0 Å². The predicted molar refractivity (Wildman–Crippen MR) is 71.8 cm³/mol. The second-order valence-electron chi connectivity index (χ2n) is 4.16. The van der Waals surface area contributed by atoms with Crippen molar-refractivity contribution in [3.8, 4) is 0 Å². The number of nitrogens with zero attached hydrogens (tertiary/aromatic N) is 3. The number of amides is 1. The number of anilines is 1. The average Bonchev–Trinajstić information content (AvgIpc) is 2.75. The first-order valence-corrected chi connectivity index (χ1v) is 6.14. The van der Waals surface area contributed by atoms with Crippen LogP contribution in [-0.4, -0.2) is 32.0 Å². The van der Waals surface area contributed by atoms with Gasteiger partial charge < -0.3 is 10.4 Å². The van der Waals surface area contributed by atoms with Crippen LogP contribution >= 0.6 is 11.6 Å². The van der Waals surface area contributed by atoms with Crippen molar-refractivity contribution >= 4 is 29.2 Å². The number of carbonyl (C=O) groups is 2. The summed E-state index contributed by atoms with van der Waals surface area (Å²) in [6, 6.07) is 3.75. The maximum Gasteiger partial charge on any atom is 0.358 e. The van der Waals surface area contributed by atoms with Crippen LogP contribution in [0.15, 0.2) is 18.2 Å². The zero-order valence-corrected chi connectivity index (χ0v) is 11.6. The molecule has 0 saturated carbocycles. The molecule has 0 radical (unpaired) electrons. The summed E-state index contributed by atoms with van der Waals surface area (Å²) in [5, 5.41) is 18.3. The SMILES string of the molecule is Cc1c(C(=O)O)nnn1CC(=O)Nc1ccc(F)c(Cl)c1. The number of hydrogen-bond acceptors (Lipinski definition) is 4. The van der Waals surface area contributed by atoms with E-state index in [2.05, 4.69) is 15.6 Å². The predicted octanol–water partition coefficient (Wildman–Crippen LogP) is 1.72. The smallest absolute Gasteiger partial charge is 0.358 e. The van der Waals surface area contributed by atoms with E-state index in [0.29, 0.717) is 5.69 Å². The molecule has 0 unspecified atom stereocenters. The number of benzene rings is 1. The molecule has 0 spiro atoms. The molecule has 1 aromatic carbocycles. The largest absolute Gasteiger partial charge is 0.476 e. The van der Waals surface area contributed by atoms with Gasteiger partial charge in [-0.15, -0.1) is 5.10 Å². The molecule has 1 amide bonds. The van der Waals surface area contributed by atoms with Gasteiger partial charge in [-0.05, 0) is 25.1 Å². The Hall–Kier alpha value is -2.48. The summed E-state index contributed by atoms with van der Waals surface area (Å²) in [7, 11) is 0. The van der Waals surface area contributed by atoms with E-state index >= 15 is 0 Å². The molecule has 110 valence electrons. The number of aromatic carboxylic acids is 1. The molecule has 1 aromatic heterocycles. The molecule has 0 atom stereocenters. The zero-order valence-electron chi connectivity index (χ0n) is 10.8. The lowest BCUT2D eigenvalue weighted by molar-refractivity contribution is -0.117. The molecule has 2 aromatic rings. The fraction of sp³-hybridized carbons (Fsp3) is 0.167. The van der Waals surface area contributed by atoms with Gasteiger partial charge in [0, 0.05) is 5.69 Å². The maximum absolute atomic E-state index is 13.0. The molecule has 2 N–H and O–H groups in total. The van der Waals surface area contributed by atoms with Crippen LogP contribution in [0.5, 0.6) is 0 Å². The average molecular weight is 313 g/mol. The van der Waals surface area contributed by atoms with E-state index in [1.165, 1.54) is 19.1 Å². The van der Waals surface area contributed by atoms with Crippen molar-refractivity contribution in [3.05, 3.63) is 40.4 Å². The van der Waals surface area contributed by atoms with Crippen molar-refractivity contribution in [1.29, 1.82) is 0 Å². The van der Waals surface area contributed by atoms with Gasteiger partial charge in [0.05, 0.1) is 10.7 Å². The summed E-state index contributed by atoms with van der Waals surface area (Å²) in [6.45, 7) is 1.27. The Kier molecular flexibility index (Phi) is 4.18. The van der Waals surface area contributed by atoms with Crippen molar-refractivity contribution in [1.82, 2.24) is 15.0 Å². The van der Waals surface area contributed by atoms with E-state index in [9.17, 15) is 14.0 Å². The van der Waals surface area contributed by atoms with Crippen molar-refractivity contribution in [2.75, 3.05) is 5.32 Å². The van der Waals surface area contributed by atoms with E-state index in [4.69, 9.17) is 16.7 Å². The highest BCUT2D eigenvalue weighted by molar-refractivity contribution is 6.31. The normalized spacial score (nSPS) is 10.4. The first-order valence-electron chi connectivity index (χ1n) is 5.76. The molecule has 7 nitrogen and oxygen atoms in total. The Balaban J connectivity index is 2.08. The number of carbonyl (C=O) groups excluding carboxylic acids is 1. The summed E-state index contributed by atoms with van der Waals surface area (Å²) in [6.07, 6.45) is 0. The number of carboxylic acid groups (broad SMARTS) is 1. The first kappa shape index (κ1) is 14.9. The Morgan fingerprint density at radius 2 is 2.19 bits per heavy atom. The van der Waals surface area contributed by atoms with Gasteiger partial charge in [0.15, 0.2) is 5.69 Å². The van der Waals surface area contributed by atoms with Crippen LogP contribution in [0.4, 0.5) is 10.1 Å². The van der Waals surface area contributed by atoms with Gasteiger partial charge in [0.2, 0.25) is 5.91 Å². The lowest BCUT2D eigenvalue weighted by Gasteiger charge is -2.06. The summed E-state index contributed by atoms with van der Waals surface area (Å²) in [4.78, 5) is 22.6. The number of rotatable bonds is 4. The van der Waals surface area contributed by atoms with E-state index < -0.39 is 17.7 Å². The Labute approximate surface area is 123 Å². The summed E-state index contributed by atoms with van der Waals surface area (Å²) >= 11 is 5.60. The minimum absolute atomic E-state index is 0.113. The number of aromatic nitrogens is 3. The molecule has 0 aliphatic heterocycles. The quantitative estimate of drug-likeness (QED) is 0.896. The van der Waals surface area contributed by atoms with Crippen LogP contribution < -0.4 is 5.32 Å². The molecule has 0 aliphatic rings. The second kappa shape index (κ2) is 5.88. The lowest BCUT2D eigenvalue weighted by atomic mass is 10.3. The van der Waals surface area contributed by atoms with Crippen LogP contribution in [0.25, 0.3) is 0 Å². The molecule has 2 rings (SSSR count). The summed E-state index contributed by atoms with van der Waals surface area (Å²) < 4.78 is 14.1. The first-order chi connectivity index (χ1) is 9.88. The summed E-state index contributed by atoms with van der Waals surface area (Å²) in [5.74, 6) is -2.28. The Morgan fingerprint density at radius 3 is 2.76 bits per heavy atom. The third-order valence-electron chi connectivity index (χ3n) is 2.68. The highest BCUT2D eigenvalue weighted by Gasteiger charge is 2.16. The van der Waals surface area contributed by atoms with Gasteiger partial charge in [-0.3, -0.25) is 4.79 Å². The molecule has 21 heavy (non-hydrogen) atoms. The van der Waals surface area contributed by atoms with Gasteiger partial charge >= 0.3 is 5.97 Å². The maximum atomic E-state index is 13.0. The zero-order chi connectivity index (χ0) is 15.6. The van der Waals surface area contributed by atoms with Gasteiger partial charge in [-0.2, -0.15) is 0 Å². The number of halogens is 2. The molecule has 0 aliphatic carbocycles. The van der Waals surface area contributed by atoms with Crippen LogP contribution in [0, 0.1) is 12.7 Å². The standard InChI is InChI=1S/C12H10ClFN4O3/c1-6-11(12(20)21)16-17-18(6)5-10(19)15-7-2-3-9(14)8(13)4-7/h2-4H,5H2,1H3,(H,15,19)(H,20,21). The molecule has 0 bridgehead atoms. The second-order valence-corrected chi connectivity index (χ2v) is 4.57. The highest BCUT2D eigenvalue weighted by Crippen LogP contribution is 2.19. The van der Waals surface area contributed by atoms with E-state index in [1.807, 2.05) is 0 Å². The monoisotopic (exact) mass is 312 g/mol. The fourth-order valence-electron chi connectivity index (χ4n) is 1.62. The van der Waals surface area contributed by atoms with Crippen LogP contribution in [0.2, 0.25) is 5.02 Å². The van der Waals surface area contributed by atoms with Gasteiger partial charge in [-0.25, -0.2) is 13.9 Å². The van der Waals surface area contributed by atoms with Gasteiger partial charge in [0.25, 0.3) is 0 Å². The number of hydrogen-bond donors (Lipinski definition) is 2. The lowest BCUT2D eigenvalue weighted by Crippen LogP contribution is -2.20. The van der Waals surface area contributed by atoms with Crippen LogP contribution in [0.1, 0.15) is 16.2 Å². The fourth-order valence-corrected chi connectivity index (χ4v) is 1.80. The van der Waals surface area contributed by atoms with Crippen LogP contribution in [0.3, 0.4) is 0 Å².